The highest BCUT2D eigenvalue weighted by Gasteiger charge is 2.45. The van der Waals surface area contributed by atoms with Crippen LogP contribution in [0.4, 0.5) is 0 Å². The van der Waals surface area contributed by atoms with Gasteiger partial charge >= 0.3 is 0 Å². The minimum absolute atomic E-state index is 0.390. The van der Waals surface area contributed by atoms with Gasteiger partial charge in [0.1, 0.15) is 30.1 Å². The van der Waals surface area contributed by atoms with Crippen LogP contribution >= 0.6 is 0 Å². The molecule has 21 heavy (non-hydrogen) atoms. The zero-order chi connectivity index (χ0) is 15.4. The highest BCUT2D eigenvalue weighted by Crippen LogP contribution is 2.24. The first kappa shape index (κ1) is 15.7. The molecule has 1 fully saturated rings. The first-order chi connectivity index (χ1) is 10.0. The third-order valence-corrected chi connectivity index (χ3v) is 3.25. The lowest BCUT2D eigenvalue weighted by atomic mass is 9.97. The predicted octanol–water partition coefficient (Wildman–Crippen LogP) is -0.991. The third kappa shape index (κ3) is 3.70. The van der Waals surface area contributed by atoms with Crippen molar-refractivity contribution in [3.8, 4) is 5.75 Å². The Morgan fingerprint density at radius 1 is 1.29 bits per heavy atom. The number of carbonyl (C=O) groups is 1. The summed E-state index contributed by atoms with van der Waals surface area (Å²) in [4.78, 5) is 11.2. The van der Waals surface area contributed by atoms with Crippen LogP contribution in [0.3, 0.4) is 0 Å². The van der Waals surface area contributed by atoms with E-state index in [1.165, 1.54) is 6.92 Å². The molecule has 0 radical (unpaired) electrons. The molecule has 2 rings (SSSR count). The Labute approximate surface area is 122 Å². The smallest absolute Gasteiger partial charge is 0.223 e. The van der Waals surface area contributed by atoms with Crippen LogP contribution in [0.2, 0.25) is 0 Å². The molecular weight excluding hydrogens is 278 g/mol. The average Bonchev–Trinajstić information content (AvgIpc) is 2.47. The SMILES string of the molecule is CC(=O)N[C@@H]1[C@H](Oc2ccccc2)O[C@H](CO)[C@H](O)[C@@H]1O. The number of aliphatic hydroxyl groups excluding tert-OH is 3. The molecule has 7 heteroatoms. The van der Waals surface area contributed by atoms with Crippen LogP contribution in [0.5, 0.6) is 5.75 Å². The van der Waals surface area contributed by atoms with Crippen LogP contribution in [0, 0.1) is 0 Å². The van der Waals surface area contributed by atoms with Crippen molar-refractivity contribution in [1.29, 1.82) is 0 Å². The number of aliphatic hydroxyl groups is 3. The van der Waals surface area contributed by atoms with E-state index in [0.29, 0.717) is 5.75 Å². The second kappa shape index (κ2) is 6.86. The van der Waals surface area contributed by atoms with Gasteiger partial charge < -0.3 is 30.1 Å². The van der Waals surface area contributed by atoms with Gasteiger partial charge in [0.05, 0.1) is 6.61 Å². The largest absolute Gasteiger partial charge is 0.463 e. The number of rotatable bonds is 4. The fourth-order valence-electron chi connectivity index (χ4n) is 2.20. The second-order valence-electron chi connectivity index (χ2n) is 4.86. The molecule has 116 valence electrons. The van der Waals surface area contributed by atoms with Gasteiger partial charge in [-0.15, -0.1) is 0 Å². The zero-order valence-corrected chi connectivity index (χ0v) is 11.5. The molecule has 0 aromatic heterocycles. The predicted molar refractivity (Wildman–Crippen MR) is 72.4 cm³/mol. The monoisotopic (exact) mass is 297 g/mol. The summed E-state index contributed by atoms with van der Waals surface area (Å²) in [6.45, 7) is 0.816. The fourth-order valence-corrected chi connectivity index (χ4v) is 2.20. The average molecular weight is 297 g/mol. The van der Waals surface area contributed by atoms with Crippen molar-refractivity contribution in [3.05, 3.63) is 30.3 Å². The van der Waals surface area contributed by atoms with E-state index in [2.05, 4.69) is 5.32 Å². The van der Waals surface area contributed by atoms with Crippen molar-refractivity contribution in [2.75, 3.05) is 6.61 Å². The Hall–Kier alpha value is -1.67. The summed E-state index contributed by atoms with van der Waals surface area (Å²) >= 11 is 0. The molecule has 7 nitrogen and oxygen atoms in total. The Bertz CT molecular complexity index is 468. The molecule has 0 saturated carbocycles. The van der Waals surface area contributed by atoms with Crippen molar-refractivity contribution in [1.82, 2.24) is 5.32 Å². The summed E-state index contributed by atoms with van der Waals surface area (Å²) in [7, 11) is 0. The molecule has 1 aromatic rings. The number of hydrogen-bond acceptors (Lipinski definition) is 6. The maximum Gasteiger partial charge on any atom is 0.223 e. The van der Waals surface area contributed by atoms with Gasteiger partial charge in [-0.1, -0.05) is 18.2 Å². The minimum Gasteiger partial charge on any atom is -0.463 e. The van der Waals surface area contributed by atoms with Gasteiger partial charge in [0, 0.05) is 6.92 Å². The number of para-hydroxylation sites is 1. The van der Waals surface area contributed by atoms with Gasteiger partial charge in [-0.25, -0.2) is 0 Å². The second-order valence-corrected chi connectivity index (χ2v) is 4.86. The summed E-state index contributed by atoms with van der Waals surface area (Å²) in [5.41, 5.74) is 0. The van der Waals surface area contributed by atoms with Crippen molar-refractivity contribution < 1.29 is 29.6 Å². The summed E-state index contributed by atoms with van der Waals surface area (Å²) in [5, 5.41) is 31.7. The van der Waals surface area contributed by atoms with E-state index in [4.69, 9.17) is 9.47 Å². The van der Waals surface area contributed by atoms with E-state index >= 15 is 0 Å². The van der Waals surface area contributed by atoms with Crippen LogP contribution in [-0.4, -0.2) is 58.5 Å². The van der Waals surface area contributed by atoms with E-state index in [9.17, 15) is 20.1 Å². The third-order valence-electron chi connectivity index (χ3n) is 3.25. The van der Waals surface area contributed by atoms with E-state index < -0.39 is 37.3 Å². The molecule has 0 aliphatic carbocycles. The molecule has 5 atom stereocenters. The quantitative estimate of drug-likeness (QED) is 0.568. The Balaban J connectivity index is 2.18. The van der Waals surface area contributed by atoms with Crippen molar-refractivity contribution in [2.24, 2.45) is 0 Å². The number of hydrogen-bond donors (Lipinski definition) is 4. The summed E-state index contributed by atoms with van der Waals surface area (Å²) in [6, 6.07) is 7.79. The lowest BCUT2D eigenvalue weighted by Crippen LogP contribution is -2.65. The van der Waals surface area contributed by atoms with Crippen molar-refractivity contribution >= 4 is 5.91 Å². The Morgan fingerprint density at radius 3 is 2.52 bits per heavy atom. The number of ether oxygens (including phenoxy) is 2. The highest BCUT2D eigenvalue weighted by atomic mass is 16.7. The standard InChI is InChI=1S/C14H19NO6/c1-8(17)15-11-13(19)12(18)10(7-16)21-14(11)20-9-5-3-2-4-6-9/h2-6,10-14,16,18-19H,7H2,1H3,(H,15,17)/t10-,11+,12+,13-,14-/m1/s1. The Kier molecular flexibility index (Phi) is 5.13. The minimum atomic E-state index is -1.32. The van der Waals surface area contributed by atoms with Gasteiger partial charge in [0.2, 0.25) is 12.2 Å². The van der Waals surface area contributed by atoms with Crippen LogP contribution in [-0.2, 0) is 9.53 Å². The van der Waals surface area contributed by atoms with E-state index in [-0.39, 0.29) is 5.91 Å². The van der Waals surface area contributed by atoms with E-state index in [1.807, 2.05) is 6.07 Å². The molecule has 1 amide bonds. The van der Waals surface area contributed by atoms with Gasteiger partial charge in [-0.2, -0.15) is 0 Å². The molecule has 4 N–H and O–H groups in total. The fraction of sp³-hybridized carbons (Fsp3) is 0.500. The molecule has 1 saturated heterocycles. The number of amides is 1. The first-order valence-electron chi connectivity index (χ1n) is 6.64. The number of benzene rings is 1. The van der Waals surface area contributed by atoms with Crippen LogP contribution < -0.4 is 10.1 Å². The molecule has 0 spiro atoms. The molecule has 1 aromatic carbocycles. The lowest BCUT2D eigenvalue weighted by Gasteiger charge is -2.42. The molecule has 1 heterocycles. The summed E-state index contributed by atoms with van der Waals surface area (Å²) in [6.07, 6.45) is -4.64. The van der Waals surface area contributed by atoms with Gasteiger partial charge in [-0.3, -0.25) is 4.79 Å². The molecule has 1 aliphatic heterocycles. The normalized spacial score (nSPS) is 32.5. The zero-order valence-electron chi connectivity index (χ0n) is 11.5. The van der Waals surface area contributed by atoms with Gasteiger partial charge in [0.25, 0.3) is 0 Å². The summed E-state index contributed by atoms with van der Waals surface area (Å²) in [5.74, 6) is 0.0945. The molecule has 0 unspecified atom stereocenters. The summed E-state index contributed by atoms with van der Waals surface area (Å²) < 4.78 is 11.0. The number of carbonyl (C=O) groups excluding carboxylic acids is 1. The van der Waals surface area contributed by atoms with Crippen LogP contribution in [0.15, 0.2) is 30.3 Å². The van der Waals surface area contributed by atoms with E-state index in [0.717, 1.165) is 0 Å². The maximum absolute atomic E-state index is 11.2. The number of nitrogens with one attached hydrogen (secondary N) is 1. The van der Waals surface area contributed by atoms with Gasteiger partial charge in [0.15, 0.2) is 0 Å². The van der Waals surface area contributed by atoms with E-state index in [1.54, 1.807) is 24.3 Å². The topological polar surface area (TPSA) is 108 Å². The van der Waals surface area contributed by atoms with Crippen LogP contribution in [0.1, 0.15) is 6.92 Å². The van der Waals surface area contributed by atoms with Crippen molar-refractivity contribution in [3.63, 3.8) is 0 Å². The van der Waals surface area contributed by atoms with Crippen LogP contribution in [0.25, 0.3) is 0 Å². The lowest BCUT2D eigenvalue weighted by molar-refractivity contribution is -0.244. The van der Waals surface area contributed by atoms with Crippen molar-refractivity contribution in [2.45, 2.75) is 37.6 Å². The Morgan fingerprint density at radius 2 is 1.95 bits per heavy atom. The maximum atomic E-state index is 11.2. The highest BCUT2D eigenvalue weighted by molar-refractivity contribution is 5.73. The molecular formula is C14H19NO6. The molecule has 0 bridgehead atoms. The molecule has 1 aliphatic rings. The first-order valence-corrected chi connectivity index (χ1v) is 6.64. The van der Waals surface area contributed by atoms with Gasteiger partial charge in [-0.05, 0) is 12.1 Å².